The van der Waals surface area contributed by atoms with Gasteiger partial charge in [-0.05, 0) is 24.8 Å². The van der Waals surface area contributed by atoms with Crippen LogP contribution in [0.3, 0.4) is 0 Å². The van der Waals surface area contributed by atoms with Crippen LogP contribution in [0, 0.1) is 5.41 Å². The number of ether oxygens (including phenoxy) is 1. The first-order chi connectivity index (χ1) is 9.28. The molecular weight excluding hydrogens is 260 g/mol. The Balaban J connectivity index is 1.70. The molecule has 2 aliphatic rings. The maximum Gasteiger partial charge on any atom is 0.0826 e. The molecule has 0 spiro atoms. The van der Waals surface area contributed by atoms with Crippen molar-refractivity contribution < 1.29 is 4.74 Å². The number of hydrogen-bond acceptors (Lipinski definition) is 3. The Bertz CT molecular complexity index is 257. The average Bonchev–Trinajstić information content (AvgIpc) is 2.48. The largest absolute Gasteiger partial charge is 0.374 e. The normalized spacial score (nSPS) is 28.4. The molecule has 1 atom stereocenters. The van der Waals surface area contributed by atoms with E-state index in [1.165, 1.54) is 32.1 Å². The Hall–Kier alpha value is 0.170. The molecule has 0 aromatic carbocycles. The number of nitrogens with one attached hydrogen (secondary N) is 1. The highest BCUT2D eigenvalue weighted by molar-refractivity contribution is 6.18. The van der Waals surface area contributed by atoms with Gasteiger partial charge in [0, 0.05) is 32.1 Å². The van der Waals surface area contributed by atoms with Crippen LogP contribution in [0.1, 0.15) is 39.0 Å². The minimum Gasteiger partial charge on any atom is -0.374 e. The van der Waals surface area contributed by atoms with Crippen LogP contribution in [-0.4, -0.2) is 56.2 Å². The molecule has 0 aromatic heterocycles. The molecule has 1 saturated heterocycles. The second kappa shape index (κ2) is 7.82. The molecule has 3 nitrogen and oxygen atoms in total. The van der Waals surface area contributed by atoms with Gasteiger partial charge in [-0.2, -0.15) is 0 Å². The number of halogens is 1. The quantitative estimate of drug-likeness (QED) is 0.760. The summed E-state index contributed by atoms with van der Waals surface area (Å²) in [7, 11) is 0. The number of nitrogens with zero attached hydrogens (tertiary/aromatic N) is 1. The monoisotopic (exact) mass is 288 g/mol. The highest BCUT2D eigenvalue weighted by Gasteiger charge is 2.31. The zero-order valence-electron chi connectivity index (χ0n) is 12.3. The van der Waals surface area contributed by atoms with Crippen LogP contribution in [0.15, 0.2) is 0 Å². The molecule has 19 heavy (non-hydrogen) atoms. The SMILES string of the molecule is CCN1CCOC(CNCC2(CCl)CCCCC2)C1. The molecule has 0 aromatic rings. The summed E-state index contributed by atoms with van der Waals surface area (Å²) in [4.78, 5) is 2.47. The molecule has 1 N–H and O–H groups in total. The number of likely N-dealkylation sites (N-methyl/N-ethyl adjacent to an activating group) is 1. The Morgan fingerprint density at radius 1 is 1.32 bits per heavy atom. The van der Waals surface area contributed by atoms with Gasteiger partial charge in [0.25, 0.3) is 0 Å². The maximum atomic E-state index is 6.22. The van der Waals surface area contributed by atoms with Crippen LogP contribution < -0.4 is 5.32 Å². The van der Waals surface area contributed by atoms with E-state index in [9.17, 15) is 0 Å². The van der Waals surface area contributed by atoms with E-state index in [2.05, 4.69) is 17.1 Å². The van der Waals surface area contributed by atoms with E-state index >= 15 is 0 Å². The van der Waals surface area contributed by atoms with Gasteiger partial charge in [-0.15, -0.1) is 11.6 Å². The topological polar surface area (TPSA) is 24.5 Å². The second-order valence-corrected chi connectivity index (χ2v) is 6.48. The fourth-order valence-electron chi connectivity index (χ4n) is 3.35. The minimum absolute atomic E-state index is 0.346. The zero-order valence-corrected chi connectivity index (χ0v) is 13.1. The molecule has 0 radical (unpaired) electrons. The molecular formula is C15H29ClN2O. The van der Waals surface area contributed by atoms with Crippen molar-refractivity contribution >= 4 is 11.6 Å². The van der Waals surface area contributed by atoms with Crippen molar-refractivity contribution in [2.24, 2.45) is 5.41 Å². The predicted octanol–water partition coefficient (Wildman–Crippen LogP) is 2.49. The fourth-order valence-corrected chi connectivity index (χ4v) is 3.71. The lowest BCUT2D eigenvalue weighted by atomic mass is 9.75. The van der Waals surface area contributed by atoms with Crippen molar-refractivity contribution in [2.45, 2.75) is 45.1 Å². The fraction of sp³-hybridized carbons (Fsp3) is 1.00. The highest BCUT2D eigenvalue weighted by Crippen LogP contribution is 2.36. The molecule has 1 unspecified atom stereocenters. The first-order valence-corrected chi connectivity index (χ1v) is 8.42. The van der Waals surface area contributed by atoms with Crippen LogP contribution in [0.5, 0.6) is 0 Å². The summed E-state index contributed by atoms with van der Waals surface area (Å²) in [6.45, 7) is 8.40. The van der Waals surface area contributed by atoms with Crippen molar-refractivity contribution in [1.82, 2.24) is 10.2 Å². The molecule has 1 aliphatic carbocycles. The van der Waals surface area contributed by atoms with Gasteiger partial charge in [0.15, 0.2) is 0 Å². The van der Waals surface area contributed by atoms with E-state index in [-0.39, 0.29) is 0 Å². The lowest BCUT2D eigenvalue weighted by Crippen LogP contribution is -2.48. The van der Waals surface area contributed by atoms with Gasteiger partial charge in [-0.25, -0.2) is 0 Å². The Morgan fingerprint density at radius 2 is 2.11 bits per heavy atom. The summed E-state index contributed by atoms with van der Waals surface area (Å²) >= 11 is 6.22. The predicted molar refractivity (Wildman–Crippen MR) is 81.0 cm³/mol. The Morgan fingerprint density at radius 3 is 2.79 bits per heavy atom. The highest BCUT2D eigenvalue weighted by atomic mass is 35.5. The summed E-state index contributed by atoms with van der Waals surface area (Å²) in [6, 6.07) is 0. The van der Waals surface area contributed by atoms with Crippen molar-refractivity contribution in [2.75, 3.05) is 45.2 Å². The van der Waals surface area contributed by atoms with Crippen LogP contribution >= 0.6 is 11.6 Å². The van der Waals surface area contributed by atoms with Gasteiger partial charge in [0.2, 0.25) is 0 Å². The number of rotatable bonds is 6. The maximum absolute atomic E-state index is 6.22. The van der Waals surface area contributed by atoms with E-state index in [4.69, 9.17) is 16.3 Å². The molecule has 0 bridgehead atoms. The lowest BCUT2D eigenvalue weighted by Gasteiger charge is -2.37. The van der Waals surface area contributed by atoms with Crippen molar-refractivity contribution in [1.29, 1.82) is 0 Å². The molecule has 2 fully saturated rings. The van der Waals surface area contributed by atoms with Gasteiger partial charge in [-0.1, -0.05) is 26.2 Å². The summed E-state index contributed by atoms with van der Waals surface area (Å²) in [6.07, 6.45) is 7.00. The number of alkyl halides is 1. The Kier molecular flexibility index (Phi) is 6.40. The molecule has 4 heteroatoms. The second-order valence-electron chi connectivity index (χ2n) is 6.21. The van der Waals surface area contributed by atoms with Gasteiger partial charge < -0.3 is 10.1 Å². The smallest absolute Gasteiger partial charge is 0.0826 e. The van der Waals surface area contributed by atoms with E-state index in [0.717, 1.165) is 45.2 Å². The summed E-state index contributed by atoms with van der Waals surface area (Å²) < 4.78 is 5.83. The molecule has 1 aliphatic heterocycles. The molecule has 1 saturated carbocycles. The average molecular weight is 289 g/mol. The third-order valence-electron chi connectivity index (χ3n) is 4.74. The van der Waals surface area contributed by atoms with Crippen molar-refractivity contribution in [3.63, 3.8) is 0 Å². The van der Waals surface area contributed by atoms with E-state index < -0.39 is 0 Å². The van der Waals surface area contributed by atoms with Gasteiger partial charge in [0.05, 0.1) is 12.7 Å². The molecule has 2 rings (SSSR count). The van der Waals surface area contributed by atoms with E-state index in [1.54, 1.807) is 0 Å². The van der Waals surface area contributed by atoms with E-state index in [0.29, 0.717) is 11.5 Å². The van der Waals surface area contributed by atoms with Crippen molar-refractivity contribution in [3.8, 4) is 0 Å². The number of hydrogen-bond donors (Lipinski definition) is 1. The summed E-state index contributed by atoms with van der Waals surface area (Å²) in [5, 5.41) is 3.63. The zero-order chi connectivity index (χ0) is 13.6. The molecule has 1 heterocycles. The van der Waals surface area contributed by atoms with Crippen molar-refractivity contribution in [3.05, 3.63) is 0 Å². The van der Waals surface area contributed by atoms with Crippen LogP contribution in [-0.2, 0) is 4.74 Å². The van der Waals surface area contributed by atoms with Gasteiger partial charge in [-0.3, -0.25) is 4.90 Å². The van der Waals surface area contributed by atoms with Crippen LogP contribution in [0.2, 0.25) is 0 Å². The van der Waals surface area contributed by atoms with Gasteiger partial charge in [0.1, 0.15) is 0 Å². The molecule has 0 amide bonds. The minimum atomic E-state index is 0.346. The third kappa shape index (κ3) is 4.59. The van der Waals surface area contributed by atoms with Gasteiger partial charge >= 0.3 is 0 Å². The standard InChI is InChI=1S/C15H29ClN2O/c1-2-18-8-9-19-14(11-18)10-17-13-15(12-16)6-4-3-5-7-15/h14,17H,2-13H2,1H3. The summed E-state index contributed by atoms with van der Waals surface area (Å²) in [5.74, 6) is 0.798. The Labute approximate surface area is 123 Å². The lowest BCUT2D eigenvalue weighted by molar-refractivity contribution is -0.0263. The first kappa shape index (κ1) is 15.6. The third-order valence-corrected chi connectivity index (χ3v) is 5.31. The molecule has 112 valence electrons. The van der Waals surface area contributed by atoms with Crippen LogP contribution in [0.4, 0.5) is 0 Å². The summed E-state index contributed by atoms with van der Waals surface area (Å²) in [5.41, 5.74) is 0.346. The van der Waals surface area contributed by atoms with Crippen LogP contribution in [0.25, 0.3) is 0 Å². The number of morpholine rings is 1. The first-order valence-electron chi connectivity index (χ1n) is 7.89. The van der Waals surface area contributed by atoms with E-state index in [1.807, 2.05) is 0 Å².